The Kier molecular flexibility index (Phi) is 15.7. The van der Waals surface area contributed by atoms with Crippen molar-refractivity contribution >= 4 is 29.9 Å². The van der Waals surface area contributed by atoms with E-state index in [0.717, 1.165) is 82.7 Å². The number of halogens is 1. The number of aliphatic imine (C=N–C) groups is 1. The second-order valence-electron chi connectivity index (χ2n) is 7.31. The Hall–Kier alpha value is -1.10. The molecule has 0 aliphatic carbocycles. The average molecular weight is 549 g/mol. The van der Waals surface area contributed by atoms with Crippen molar-refractivity contribution in [2.24, 2.45) is 4.99 Å². The van der Waals surface area contributed by atoms with Gasteiger partial charge in [-0.1, -0.05) is 32.0 Å². The molecule has 31 heavy (non-hydrogen) atoms. The molecule has 7 nitrogen and oxygen atoms in total. The van der Waals surface area contributed by atoms with Crippen molar-refractivity contribution in [3.63, 3.8) is 0 Å². The molecular weight excluding hydrogens is 507 g/mol. The first-order valence-corrected chi connectivity index (χ1v) is 11.4. The summed E-state index contributed by atoms with van der Waals surface area (Å²) in [5.41, 5.74) is 1.10. The Labute approximate surface area is 205 Å². The summed E-state index contributed by atoms with van der Waals surface area (Å²) < 4.78 is 17.2. The number of likely N-dealkylation sites (N-methyl/N-ethyl adjacent to an activating group) is 1. The number of hydrogen-bond donors (Lipinski definition) is 2. The van der Waals surface area contributed by atoms with Gasteiger partial charge in [0.25, 0.3) is 0 Å². The summed E-state index contributed by atoms with van der Waals surface area (Å²) in [5, 5.41) is 6.70. The fourth-order valence-corrected chi connectivity index (χ4v) is 3.28. The fraction of sp³-hybridized carbons (Fsp3) is 0.696. The monoisotopic (exact) mass is 548 g/mol. The molecule has 8 heteroatoms. The molecular formula is C23H41IN4O3. The van der Waals surface area contributed by atoms with Gasteiger partial charge in [-0.2, -0.15) is 0 Å². The van der Waals surface area contributed by atoms with Crippen LogP contribution >= 0.6 is 24.0 Å². The number of ether oxygens (including phenoxy) is 3. The molecule has 1 heterocycles. The quantitative estimate of drug-likeness (QED) is 0.161. The third kappa shape index (κ3) is 11.4. The number of nitrogens with zero attached hydrogens (tertiary/aromatic N) is 2. The molecule has 0 amide bonds. The fourth-order valence-electron chi connectivity index (χ4n) is 3.28. The smallest absolute Gasteiger partial charge is 0.191 e. The maximum absolute atomic E-state index is 6.05. The van der Waals surface area contributed by atoms with E-state index in [1.54, 1.807) is 0 Å². The molecule has 0 aromatic heterocycles. The van der Waals surface area contributed by atoms with Gasteiger partial charge in [0, 0.05) is 38.4 Å². The van der Waals surface area contributed by atoms with E-state index in [9.17, 15) is 0 Å². The van der Waals surface area contributed by atoms with Crippen LogP contribution in [0.15, 0.2) is 29.3 Å². The molecule has 0 radical (unpaired) electrons. The zero-order chi connectivity index (χ0) is 21.4. The second-order valence-corrected chi connectivity index (χ2v) is 7.31. The van der Waals surface area contributed by atoms with Gasteiger partial charge in [-0.15, -0.1) is 24.0 Å². The average Bonchev–Trinajstić information content (AvgIpc) is 3.29. The lowest BCUT2D eigenvalue weighted by Gasteiger charge is -2.19. The summed E-state index contributed by atoms with van der Waals surface area (Å²) in [4.78, 5) is 7.10. The third-order valence-corrected chi connectivity index (χ3v) is 5.14. The predicted octanol–water partition coefficient (Wildman–Crippen LogP) is 3.28. The van der Waals surface area contributed by atoms with Crippen LogP contribution in [-0.4, -0.2) is 76.1 Å². The van der Waals surface area contributed by atoms with Crippen LogP contribution in [0.4, 0.5) is 0 Å². The standard InChI is InChI=1S/C23H40N4O3.HI/c1-4-24-23(25-13-9-15-29-21-12-16-28-19-21)26-18-20-10-7-8-11-22(20)30-17-14-27(5-2)6-3;/h7-8,10-11,21H,4-6,9,12-19H2,1-3H3,(H2,24,25,26);1H. The summed E-state index contributed by atoms with van der Waals surface area (Å²) in [6.45, 7) is 14.6. The highest BCUT2D eigenvalue weighted by Gasteiger charge is 2.15. The van der Waals surface area contributed by atoms with E-state index in [1.807, 2.05) is 18.2 Å². The predicted molar refractivity (Wildman–Crippen MR) is 138 cm³/mol. The van der Waals surface area contributed by atoms with E-state index >= 15 is 0 Å². The Bertz CT molecular complexity index is 608. The molecule has 1 aromatic rings. The minimum absolute atomic E-state index is 0. The van der Waals surface area contributed by atoms with Gasteiger partial charge in [-0.05, 0) is 38.9 Å². The van der Waals surface area contributed by atoms with E-state index < -0.39 is 0 Å². The van der Waals surface area contributed by atoms with Gasteiger partial charge in [0.2, 0.25) is 0 Å². The zero-order valence-corrected chi connectivity index (χ0v) is 21.7. The Morgan fingerprint density at radius 1 is 1.16 bits per heavy atom. The van der Waals surface area contributed by atoms with Crippen LogP contribution in [0.1, 0.15) is 39.2 Å². The number of nitrogens with one attached hydrogen (secondary N) is 2. The number of guanidine groups is 1. The molecule has 1 fully saturated rings. The molecule has 1 aliphatic heterocycles. The minimum Gasteiger partial charge on any atom is -0.492 e. The summed E-state index contributed by atoms with van der Waals surface area (Å²) in [7, 11) is 0. The van der Waals surface area contributed by atoms with Gasteiger partial charge in [-0.3, -0.25) is 0 Å². The molecule has 0 saturated carbocycles. The highest BCUT2D eigenvalue weighted by Crippen LogP contribution is 2.19. The Balaban J connectivity index is 0.00000480. The SMILES string of the molecule is CCNC(=NCc1ccccc1OCCN(CC)CC)NCCCOC1CCOC1.I. The van der Waals surface area contributed by atoms with Gasteiger partial charge in [0.1, 0.15) is 12.4 Å². The van der Waals surface area contributed by atoms with Crippen molar-refractivity contribution in [2.45, 2.75) is 46.3 Å². The minimum atomic E-state index is 0. The Morgan fingerprint density at radius 3 is 2.68 bits per heavy atom. The van der Waals surface area contributed by atoms with E-state index in [1.165, 1.54) is 0 Å². The van der Waals surface area contributed by atoms with Crippen LogP contribution in [0.5, 0.6) is 5.75 Å². The summed E-state index contributed by atoms with van der Waals surface area (Å²) >= 11 is 0. The number of hydrogen-bond acceptors (Lipinski definition) is 5. The maximum Gasteiger partial charge on any atom is 0.191 e. The lowest BCUT2D eigenvalue weighted by atomic mass is 10.2. The molecule has 2 rings (SSSR count). The summed E-state index contributed by atoms with van der Waals surface area (Å²) in [6.07, 6.45) is 2.21. The van der Waals surface area contributed by atoms with Crippen LogP contribution in [0.25, 0.3) is 0 Å². The largest absolute Gasteiger partial charge is 0.492 e. The van der Waals surface area contributed by atoms with Crippen LogP contribution in [-0.2, 0) is 16.0 Å². The summed E-state index contributed by atoms with van der Waals surface area (Å²) in [5.74, 6) is 1.73. The maximum atomic E-state index is 6.05. The lowest BCUT2D eigenvalue weighted by Crippen LogP contribution is -2.38. The summed E-state index contributed by atoms with van der Waals surface area (Å²) in [6, 6.07) is 8.15. The number of benzene rings is 1. The molecule has 1 saturated heterocycles. The second kappa shape index (κ2) is 17.5. The van der Waals surface area contributed by atoms with Crippen molar-refractivity contribution in [2.75, 3.05) is 59.2 Å². The molecule has 0 spiro atoms. The first-order valence-electron chi connectivity index (χ1n) is 11.4. The van der Waals surface area contributed by atoms with Gasteiger partial charge in [0.15, 0.2) is 5.96 Å². The van der Waals surface area contributed by atoms with E-state index in [0.29, 0.717) is 13.2 Å². The van der Waals surface area contributed by atoms with Crippen molar-refractivity contribution in [3.05, 3.63) is 29.8 Å². The molecule has 1 atom stereocenters. The molecule has 2 N–H and O–H groups in total. The van der Waals surface area contributed by atoms with Gasteiger partial charge >= 0.3 is 0 Å². The molecule has 1 unspecified atom stereocenters. The Morgan fingerprint density at radius 2 is 1.97 bits per heavy atom. The molecule has 0 bridgehead atoms. The van der Waals surface area contributed by atoms with Gasteiger partial charge in [0.05, 0.1) is 19.3 Å². The van der Waals surface area contributed by atoms with Crippen LogP contribution < -0.4 is 15.4 Å². The van der Waals surface area contributed by atoms with Crippen LogP contribution in [0.2, 0.25) is 0 Å². The highest BCUT2D eigenvalue weighted by molar-refractivity contribution is 14.0. The number of rotatable bonds is 14. The van der Waals surface area contributed by atoms with E-state index in [4.69, 9.17) is 19.2 Å². The lowest BCUT2D eigenvalue weighted by molar-refractivity contribution is 0.0420. The van der Waals surface area contributed by atoms with Crippen molar-refractivity contribution < 1.29 is 14.2 Å². The highest BCUT2D eigenvalue weighted by atomic mass is 127. The molecule has 1 aromatic carbocycles. The van der Waals surface area contributed by atoms with E-state index in [-0.39, 0.29) is 30.1 Å². The van der Waals surface area contributed by atoms with Gasteiger partial charge in [-0.25, -0.2) is 4.99 Å². The van der Waals surface area contributed by atoms with Crippen molar-refractivity contribution in [1.82, 2.24) is 15.5 Å². The topological polar surface area (TPSA) is 67.4 Å². The van der Waals surface area contributed by atoms with E-state index in [2.05, 4.69) is 42.4 Å². The molecule has 178 valence electrons. The first kappa shape index (κ1) is 27.9. The first-order chi connectivity index (χ1) is 14.8. The molecule has 1 aliphatic rings. The van der Waals surface area contributed by atoms with Gasteiger partial charge < -0.3 is 29.7 Å². The van der Waals surface area contributed by atoms with Crippen molar-refractivity contribution in [1.29, 1.82) is 0 Å². The third-order valence-electron chi connectivity index (χ3n) is 5.14. The zero-order valence-electron chi connectivity index (χ0n) is 19.4. The number of para-hydroxylation sites is 1. The van der Waals surface area contributed by atoms with Crippen molar-refractivity contribution in [3.8, 4) is 5.75 Å². The van der Waals surface area contributed by atoms with Crippen LogP contribution in [0, 0.1) is 0 Å². The van der Waals surface area contributed by atoms with Crippen LogP contribution in [0.3, 0.4) is 0 Å². The normalized spacial score (nSPS) is 16.3.